The van der Waals surface area contributed by atoms with Crippen molar-refractivity contribution in [2.45, 2.75) is 32.4 Å². The number of pyridine rings is 1. The summed E-state index contributed by atoms with van der Waals surface area (Å²) >= 11 is 0. The predicted molar refractivity (Wildman–Crippen MR) is 95.6 cm³/mol. The monoisotopic (exact) mass is 358 g/mol. The van der Waals surface area contributed by atoms with E-state index in [0.29, 0.717) is 42.3 Å². The zero-order chi connectivity index (χ0) is 18.1. The Kier molecular flexibility index (Phi) is 4.55. The van der Waals surface area contributed by atoms with Crippen LogP contribution in [0, 0.1) is 0 Å². The van der Waals surface area contributed by atoms with Gasteiger partial charge in [-0.15, -0.1) is 0 Å². The van der Waals surface area contributed by atoms with E-state index in [-0.39, 0.29) is 24.1 Å². The standard InChI is InChI=1S/C19H22N2O5/c1-12(22)21(11-15-3-2-4-24-15)10-14-7-13-8-17-18(26-6-5-25-17)9-16(13)20-19(14)23/h7-9,15H,2-6,10-11H2,1H3,(H,20,23). The minimum Gasteiger partial charge on any atom is -0.486 e. The van der Waals surface area contributed by atoms with Crippen LogP contribution in [-0.2, 0) is 16.1 Å². The maximum Gasteiger partial charge on any atom is 0.253 e. The summed E-state index contributed by atoms with van der Waals surface area (Å²) in [6.07, 6.45) is 2.01. The number of hydrogen-bond donors (Lipinski definition) is 1. The first-order valence-corrected chi connectivity index (χ1v) is 8.93. The van der Waals surface area contributed by atoms with Gasteiger partial charge in [0, 0.05) is 37.1 Å². The van der Waals surface area contributed by atoms with Crippen molar-refractivity contribution < 1.29 is 19.0 Å². The van der Waals surface area contributed by atoms with Crippen molar-refractivity contribution in [3.05, 3.63) is 34.1 Å². The van der Waals surface area contributed by atoms with Crippen LogP contribution in [0.4, 0.5) is 0 Å². The molecule has 2 aliphatic heterocycles. The molecular weight excluding hydrogens is 336 g/mol. The van der Waals surface area contributed by atoms with E-state index in [1.165, 1.54) is 6.92 Å². The lowest BCUT2D eigenvalue weighted by Crippen LogP contribution is -2.36. The molecule has 0 bridgehead atoms. The number of rotatable bonds is 4. The molecule has 0 saturated carbocycles. The van der Waals surface area contributed by atoms with Gasteiger partial charge in [0.2, 0.25) is 5.91 Å². The van der Waals surface area contributed by atoms with E-state index < -0.39 is 0 Å². The first-order valence-electron chi connectivity index (χ1n) is 8.93. The Bertz CT molecular complexity index is 885. The molecule has 2 aromatic rings. The third kappa shape index (κ3) is 3.39. The van der Waals surface area contributed by atoms with Gasteiger partial charge in [0.25, 0.3) is 5.56 Å². The van der Waals surface area contributed by atoms with Crippen molar-refractivity contribution >= 4 is 16.8 Å². The number of H-pyrrole nitrogens is 1. The fourth-order valence-corrected chi connectivity index (χ4v) is 3.45. The van der Waals surface area contributed by atoms with Crippen LogP contribution in [0.5, 0.6) is 11.5 Å². The zero-order valence-corrected chi connectivity index (χ0v) is 14.7. The molecule has 1 aromatic heterocycles. The number of aromatic nitrogens is 1. The van der Waals surface area contributed by atoms with Gasteiger partial charge in [0.15, 0.2) is 11.5 Å². The number of carbonyl (C=O) groups excluding carboxylic acids is 1. The maximum absolute atomic E-state index is 12.5. The molecule has 7 heteroatoms. The highest BCUT2D eigenvalue weighted by Crippen LogP contribution is 2.33. The third-order valence-electron chi connectivity index (χ3n) is 4.84. The number of amides is 1. The van der Waals surface area contributed by atoms with Crippen molar-refractivity contribution in [1.29, 1.82) is 0 Å². The van der Waals surface area contributed by atoms with Crippen LogP contribution in [0.25, 0.3) is 10.9 Å². The normalized spacial score (nSPS) is 18.9. The number of aromatic amines is 1. The molecule has 1 unspecified atom stereocenters. The molecular formula is C19H22N2O5. The van der Waals surface area contributed by atoms with Gasteiger partial charge in [-0.05, 0) is 25.0 Å². The molecule has 1 aromatic carbocycles. The van der Waals surface area contributed by atoms with E-state index in [0.717, 1.165) is 24.8 Å². The highest BCUT2D eigenvalue weighted by atomic mass is 16.6. The van der Waals surface area contributed by atoms with Crippen LogP contribution in [-0.4, -0.2) is 48.3 Å². The third-order valence-corrected chi connectivity index (χ3v) is 4.84. The van der Waals surface area contributed by atoms with Crippen LogP contribution < -0.4 is 15.0 Å². The van der Waals surface area contributed by atoms with Gasteiger partial charge >= 0.3 is 0 Å². The van der Waals surface area contributed by atoms with Crippen LogP contribution in [0.2, 0.25) is 0 Å². The lowest BCUT2D eigenvalue weighted by molar-refractivity contribution is -0.131. The van der Waals surface area contributed by atoms with Crippen LogP contribution >= 0.6 is 0 Å². The molecule has 1 atom stereocenters. The van der Waals surface area contributed by atoms with E-state index in [4.69, 9.17) is 14.2 Å². The predicted octanol–water partition coefficient (Wildman–Crippen LogP) is 1.83. The van der Waals surface area contributed by atoms with Crippen molar-refractivity contribution in [1.82, 2.24) is 9.88 Å². The summed E-state index contributed by atoms with van der Waals surface area (Å²) in [6, 6.07) is 5.46. The average Bonchev–Trinajstić information content (AvgIpc) is 3.13. The number of nitrogens with zero attached hydrogens (tertiary/aromatic N) is 1. The summed E-state index contributed by atoms with van der Waals surface area (Å²) < 4.78 is 16.8. The summed E-state index contributed by atoms with van der Waals surface area (Å²) in [6.45, 7) is 4.03. The lowest BCUT2D eigenvalue weighted by Gasteiger charge is -2.24. The minimum absolute atomic E-state index is 0.0519. The molecule has 0 aliphatic carbocycles. The van der Waals surface area contributed by atoms with Crippen LogP contribution in [0.3, 0.4) is 0 Å². The first-order chi connectivity index (χ1) is 12.6. The van der Waals surface area contributed by atoms with Gasteiger partial charge in [-0.1, -0.05) is 0 Å². The Morgan fingerprint density at radius 1 is 1.19 bits per heavy atom. The van der Waals surface area contributed by atoms with E-state index in [2.05, 4.69) is 4.98 Å². The number of benzene rings is 1. The Balaban J connectivity index is 1.63. The van der Waals surface area contributed by atoms with Gasteiger partial charge in [-0.2, -0.15) is 0 Å². The number of fused-ring (bicyclic) bond motifs is 2. The minimum atomic E-state index is -0.201. The average molecular weight is 358 g/mol. The quantitative estimate of drug-likeness (QED) is 0.902. The maximum atomic E-state index is 12.5. The molecule has 0 spiro atoms. The van der Waals surface area contributed by atoms with E-state index >= 15 is 0 Å². The van der Waals surface area contributed by atoms with Gasteiger partial charge < -0.3 is 24.1 Å². The van der Waals surface area contributed by atoms with Crippen molar-refractivity contribution in [2.75, 3.05) is 26.4 Å². The second-order valence-electron chi connectivity index (χ2n) is 6.74. The smallest absolute Gasteiger partial charge is 0.253 e. The SMILES string of the molecule is CC(=O)N(Cc1cc2cc3c(cc2[nH]c1=O)OCCO3)CC1CCCO1. The molecule has 3 heterocycles. The highest BCUT2D eigenvalue weighted by molar-refractivity contribution is 5.83. The van der Waals surface area contributed by atoms with Crippen LogP contribution in [0.15, 0.2) is 23.0 Å². The Morgan fingerprint density at radius 2 is 1.96 bits per heavy atom. The van der Waals surface area contributed by atoms with E-state index in [9.17, 15) is 9.59 Å². The fraction of sp³-hybridized carbons (Fsp3) is 0.474. The molecule has 7 nitrogen and oxygen atoms in total. The van der Waals surface area contributed by atoms with Crippen LogP contribution in [0.1, 0.15) is 25.3 Å². The molecule has 0 radical (unpaired) electrons. The zero-order valence-electron chi connectivity index (χ0n) is 14.7. The summed E-state index contributed by atoms with van der Waals surface area (Å²) in [5.74, 6) is 1.24. The molecule has 1 N–H and O–H groups in total. The van der Waals surface area contributed by atoms with E-state index in [1.54, 1.807) is 11.0 Å². The first kappa shape index (κ1) is 16.9. The van der Waals surface area contributed by atoms with E-state index in [1.807, 2.05) is 12.1 Å². The van der Waals surface area contributed by atoms with Gasteiger partial charge in [0.1, 0.15) is 13.2 Å². The highest BCUT2D eigenvalue weighted by Gasteiger charge is 2.22. The summed E-state index contributed by atoms with van der Waals surface area (Å²) in [7, 11) is 0. The molecule has 2 aliphatic rings. The Hall–Kier alpha value is -2.54. The Morgan fingerprint density at radius 3 is 2.65 bits per heavy atom. The molecule has 1 saturated heterocycles. The number of nitrogens with one attached hydrogen (secondary N) is 1. The molecule has 1 fully saturated rings. The second-order valence-corrected chi connectivity index (χ2v) is 6.74. The number of carbonyl (C=O) groups is 1. The summed E-state index contributed by atoms with van der Waals surface area (Å²) in [5.41, 5.74) is 1.03. The molecule has 1 amide bonds. The van der Waals surface area contributed by atoms with Crippen molar-refractivity contribution in [3.8, 4) is 11.5 Å². The number of hydrogen-bond acceptors (Lipinski definition) is 5. The second kappa shape index (κ2) is 6.99. The lowest BCUT2D eigenvalue weighted by atomic mass is 10.1. The van der Waals surface area contributed by atoms with Crippen molar-refractivity contribution in [2.24, 2.45) is 0 Å². The Labute approximate surface area is 150 Å². The molecule has 26 heavy (non-hydrogen) atoms. The van der Waals surface area contributed by atoms with Gasteiger partial charge in [-0.25, -0.2) is 0 Å². The topological polar surface area (TPSA) is 80.9 Å². The van der Waals surface area contributed by atoms with Crippen molar-refractivity contribution in [3.63, 3.8) is 0 Å². The number of ether oxygens (including phenoxy) is 3. The van der Waals surface area contributed by atoms with Gasteiger partial charge in [0.05, 0.1) is 18.2 Å². The summed E-state index contributed by atoms with van der Waals surface area (Å²) in [4.78, 5) is 29.1. The summed E-state index contributed by atoms with van der Waals surface area (Å²) in [5, 5.41) is 0.851. The molecule has 138 valence electrons. The largest absolute Gasteiger partial charge is 0.486 e. The van der Waals surface area contributed by atoms with Gasteiger partial charge in [-0.3, -0.25) is 9.59 Å². The molecule has 4 rings (SSSR count). The fourth-order valence-electron chi connectivity index (χ4n) is 3.45.